The molecule has 0 bridgehead atoms. The fourth-order valence-corrected chi connectivity index (χ4v) is 1.96. The molecular weight excluding hydrogens is 302 g/mol. The summed E-state index contributed by atoms with van der Waals surface area (Å²) in [5.41, 5.74) is 1.83. The van der Waals surface area contributed by atoms with Crippen LogP contribution in [-0.4, -0.2) is 23.2 Å². The molecule has 0 aliphatic heterocycles. The number of hydroxylamine groups is 2. The monoisotopic (exact) mass is 317 g/mol. The van der Waals surface area contributed by atoms with Gasteiger partial charge in [-0.3, -0.25) is 10.0 Å². The van der Waals surface area contributed by atoms with Gasteiger partial charge in [0.2, 0.25) is 0 Å². The van der Waals surface area contributed by atoms with E-state index in [1.54, 1.807) is 6.08 Å². The van der Waals surface area contributed by atoms with E-state index < -0.39 is 5.91 Å². The van der Waals surface area contributed by atoms with Crippen LogP contribution >= 0.6 is 11.6 Å². The summed E-state index contributed by atoms with van der Waals surface area (Å²) in [6.07, 6.45) is 2.91. The van der Waals surface area contributed by atoms with Gasteiger partial charge in [0, 0.05) is 18.1 Å². The molecule has 2 aromatic rings. The fraction of sp³-hybridized carbons (Fsp3) is 0.118. The number of carbonyl (C=O) groups excluding carboxylic acids is 1. The molecule has 0 unspecified atom stereocenters. The number of likely N-dealkylation sites (N-methyl/N-ethyl adjacent to an activating group) is 1. The van der Waals surface area contributed by atoms with Crippen LogP contribution in [0.15, 0.2) is 54.6 Å². The molecule has 0 aliphatic carbocycles. The van der Waals surface area contributed by atoms with E-state index in [0.717, 1.165) is 16.9 Å². The third-order valence-corrected chi connectivity index (χ3v) is 3.15. The average Bonchev–Trinajstić information content (AvgIpc) is 2.51. The summed E-state index contributed by atoms with van der Waals surface area (Å²) in [4.78, 5) is 11.2. The SMILES string of the molecule is CN(O)C(=O)C=Cc1ccc(OCc2cccc(Cl)c2)cc1. The van der Waals surface area contributed by atoms with Crippen LogP contribution in [0.5, 0.6) is 5.75 Å². The zero-order valence-electron chi connectivity index (χ0n) is 12.1. The van der Waals surface area contributed by atoms with Gasteiger partial charge >= 0.3 is 0 Å². The summed E-state index contributed by atoms with van der Waals surface area (Å²) in [6, 6.07) is 14.8. The van der Waals surface area contributed by atoms with Gasteiger partial charge in [0.05, 0.1) is 0 Å². The van der Waals surface area contributed by atoms with E-state index in [2.05, 4.69) is 0 Å². The smallest absolute Gasteiger partial charge is 0.269 e. The second-order valence-corrected chi connectivity index (χ2v) is 5.12. The van der Waals surface area contributed by atoms with Crippen molar-refractivity contribution in [2.45, 2.75) is 6.61 Å². The molecule has 0 fully saturated rings. The maximum Gasteiger partial charge on any atom is 0.269 e. The first kappa shape index (κ1) is 16.1. The number of ether oxygens (including phenoxy) is 1. The van der Waals surface area contributed by atoms with Gasteiger partial charge in [0.25, 0.3) is 5.91 Å². The number of rotatable bonds is 5. The number of carbonyl (C=O) groups is 1. The first-order valence-electron chi connectivity index (χ1n) is 6.66. The molecule has 2 rings (SSSR count). The quantitative estimate of drug-likeness (QED) is 0.518. The second kappa shape index (κ2) is 7.64. The molecule has 1 amide bonds. The Kier molecular flexibility index (Phi) is 5.58. The molecule has 22 heavy (non-hydrogen) atoms. The lowest BCUT2D eigenvalue weighted by atomic mass is 10.2. The van der Waals surface area contributed by atoms with Crippen LogP contribution in [0.3, 0.4) is 0 Å². The van der Waals surface area contributed by atoms with Crippen LogP contribution < -0.4 is 4.74 Å². The van der Waals surface area contributed by atoms with E-state index in [1.165, 1.54) is 13.1 Å². The molecule has 0 aliphatic rings. The Bertz CT molecular complexity index is 666. The van der Waals surface area contributed by atoms with Gasteiger partial charge in [-0.15, -0.1) is 0 Å². The highest BCUT2D eigenvalue weighted by Gasteiger charge is 2.00. The van der Waals surface area contributed by atoms with Crippen LogP contribution in [0.4, 0.5) is 0 Å². The first-order chi connectivity index (χ1) is 10.5. The van der Waals surface area contributed by atoms with Gasteiger partial charge in [0.15, 0.2) is 0 Å². The lowest BCUT2D eigenvalue weighted by molar-refractivity contribution is -0.153. The Morgan fingerprint density at radius 1 is 1.27 bits per heavy atom. The van der Waals surface area contributed by atoms with E-state index in [-0.39, 0.29) is 0 Å². The van der Waals surface area contributed by atoms with Crippen molar-refractivity contribution in [3.8, 4) is 5.75 Å². The Hall–Kier alpha value is -2.30. The number of hydrogen-bond donors (Lipinski definition) is 1. The summed E-state index contributed by atoms with van der Waals surface area (Å²) in [7, 11) is 1.28. The van der Waals surface area contributed by atoms with E-state index >= 15 is 0 Å². The molecule has 114 valence electrons. The van der Waals surface area contributed by atoms with Crippen LogP contribution in [0.25, 0.3) is 6.08 Å². The summed E-state index contributed by atoms with van der Waals surface area (Å²) in [5, 5.41) is 10.2. The van der Waals surface area contributed by atoms with Crippen molar-refractivity contribution < 1.29 is 14.7 Å². The second-order valence-electron chi connectivity index (χ2n) is 4.68. The number of hydrogen-bond acceptors (Lipinski definition) is 3. The van der Waals surface area contributed by atoms with Gasteiger partial charge in [-0.2, -0.15) is 0 Å². The molecule has 2 aromatic carbocycles. The molecule has 0 saturated heterocycles. The molecule has 0 saturated carbocycles. The summed E-state index contributed by atoms with van der Waals surface area (Å²) in [6.45, 7) is 0.434. The largest absolute Gasteiger partial charge is 0.489 e. The molecule has 0 atom stereocenters. The molecule has 0 heterocycles. The summed E-state index contributed by atoms with van der Waals surface area (Å²) < 4.78 is 5.67. The topological polar surface area (TPSA) is 49.8 Å². The number of amides is 1. The lowest BCUT2D eigenvalue weighted by Crippen LogP contribution is -2.19. The Labute approximate surface area is 134 Å². The standard InChI is InChI=1S/C17H16ClNO3/c1-19(21)17(20)10-7-13-5-8-16(9-6-13)22-12-14-3-2-4-15(18)11-14/h2-11,21H,12H2,1H3. The number of benzene rings is 2. The normalized spacial score (nSPS) is 10.7. The molecule has 0 radical (unpaired) electrons. The van der Waals surface area contributed by atoms with Gasteiger partial charge in [-0.05, 0) is 41.5 Å². The highest BCUT2D eigenvalue weighted by atomic mass is 35.5. The highest BCUT2D eigenvalue weighted by Crippen LogP contribution is 2.16. The fourth-order valence-electron chi connectivity index (χ4n) is 1.74. The van der Waals surface area contributed by atoms with Crippen molar-refractivity contribution in [1.29, 1.82) is 0 Å². The van der Waals surface area contributed by atoms with E-state index in [1.807, 2.05) is 48.5 Å². The maximum absolute atomic E-state index is 11.2. The van der Waals surface area contributed by atoms with Gasteiger partial charge in [-0.25, -0.2) is 5.06 Å². The Morgan fingerprint density at radius 3 is 2.64 bits per heavy atom. The molecular formula is C17H16ClNO3. The van der Waals surface area contributed by atoms with Crippen molar-refractivity contribution in [2.75, 3.05) is 7.05 Å². The minimum absolute atomic E-state index is 0.434. The van der Waals surface area contributed by atoms with Crippen molar-refractivity contribution in [3.05, 3.63) is 70.8 Å². The van der Waals surface area contributed by atoms with Crippen LogP contribution in [0, 0.1) is 0 Å². The number of halogens is 1. The van der Waals surface area contributed by atoms with E-state index in [0.29, 0.717) is 16.7 Å². The maximum atomic E-state index is 11.2. The third-order valence-electron chi connectivity index (χ3n) is 2.91. The Balaban J connectivity index is 1.93. The van der Waals surface area contributed by atoms with Gasteiger partial charge in [0.1, 0.15) is 12.4 Å². The lowest BCUT2D eigenvalue weighted by Gasteiger charge is -2.07. The van der Waals surface area contributed by atoms with Crippen molar-refractivity contribution in [3.63, 3.8) is 0 Å². The minimum Gasteiger partial charge on any atom is -0.489 e. The first-order valence-corrected chi connectivity index (χ1v) is 7.04. The zero-order valence-corrected chi connectivity index (χ0v) is 12.8. The van der Waals surface area contributed by atoms with Gasteiger partial charge in [-0.1, -0.05) is 35.9 Å². The van der Waals surface area contributed by atoms with E-state index in [4.69, 9.17) is 21.5 Å². The van der Waals surface area contributed by atoms with E-state index in [9.17, 15) is 4.79 Å². The molecule has 0 aromatic heterocycles. The zero-order chi connectivity index (χ0) is 15.9. The third kappa shape index (κ3) is 4.91. The molecule has 1 N–H and O–H groups in total. The Morgan fingerprint density at radius 2 is 2.00 bits per heavy atom. The molecule has 0 spiro atoms. The minimum atomic E-state index is -0.485. The van der Waals surface area contributed by atoms with Crippen molar-refractivity contribution >= 4 is 23.6 Å². The van der Waals surface area contributed by atoms with Crippen molar-refractivity contribution in [2.24, 2.45) is 0 Å². The summed E-state index contributed by atoms with van der Waals surface area (Å²) >= 11 is 5.92. The van der Waals surface area contributed by atoms with Gasteiger partial charge < -0.3 is 4.74 Å². The molecule has 5 heteroatoms. The molecule has 4 nitrogen and oxygen atoms in total. The van der Waals surface area contributed by atoms with Crippen molar-refractivity contribution in [1.82, 2.24) is 5.06 Å². The number of nitrogens with zero attached hydrogens (tertiary/aromatic N) is 1. The highest BCUT2D eigenvalue weighted by molar-refractivity contribution is 6.30. The predicted octanol–water partition coefficient (Wildman–Crippen LogP) is 3.78. The average molecular weight is 318 g/mol. The van der Waals surface area contributed by atoms with Crippen LogP contribution in [-0.2, 0) is 11.4 Å². The predicted molar refractivity (Wildman–Crippen MR) is 85.8 cm³/mol. The van der Waals surface area contributed by atoms with Crippen LogP contribution in [0.1, 0.15) is 11.1 Å². The van der Waals surface area contributed by atoms with Crippen LogP contribution in [0.2, 0.25) is 5.02 Å². The summed E-state index contributed by atoms with van der Waals surface area (Å²) in [5.74, 6) is 0.240.